The SMILES string of the molecule is CN[C@H](C(=O)N[C@H](C(=O)N(C)[C@H](/C=C(\C)C(=O)OOC(=O)/C(C)=C/[C@H](C(C)C)N(C)C(=O)[C@@H](NC(=O)[C@@H](NC)C(C)(C)c1ccc(OCCOCCOCCOCCS)cc1)C(C)(C)C)C(C)C)C(C)(C)C)C(C)(C)c1ccc(OCCOCCOCCOCCS)cc1. The van der Waals surface area contributed by atoms with Gasteiger partial charge in [-0.15, -0.1) is 0 Å². The topological polar surface area (TPSA) is 249 Å². The maximum atomic E-state index is 14.6. The second-order valence-corrected chi connectivity index (χ2v) is 28.1. The van der Waals surface area contributed by atoms with Gasteiger partial charge < -0.3 is 69.0 Å². The minimum atomic E-state index is -0.993. The van der Waals surface area contributed by atoms with E-state index in [4.69, 9.17) is 47.7 Å². The summed E-state index contributed by atoms with van der Waals surface area (Å²) in [5, 5.41) is 12.5. The Bertz CT molecular complexity index is 2480. The summed E-state index contributed by atoms with van der Waals surface area (Å²) >= 11 is 8.22. The number of likely N-dealkylation sites (N-methyl/N-ethyl adjacent to an activating group) is 4. The number of rotatable bonds is 44. The van der Waals surface area contributed by atoms with E-state index in [1.807, 2.05) is 145 Å². The number of hydrogen-bond acceptors (Lipinski definition) is 20. The molecule has 0 aromatic heterocycles. The highest BCUT2D eigenvalue weighted by Crippen LogP contribution is 2.33. The van der Waals surface area contributed by atoms with E-state index in [-0.39, 0.29) is 34.8 Å². The van der Waals surface area contributed by atoms with E-state index in [0.717, 1.165) is 11.1 Å². The summed E-state index contributed by atoms with van der Waals surface area (Å²) < 4.78 is 44.7. The third kappa shape index (κ3) is 28.4. The van der Waals surface area contributed by atoms with Crippen molar-refractivity contribution in [2.75, 3.05) is 132 Å². The summed E-state index contributed by atoms with van der Waals surface area (Å²) in [5.41, 5.74) is -1.18. The summed E-state index contributed by atoms with van der Waals surface area (Å²) in [6.45, 7) is 35.9. The zero-order chi connectivity index (χ0) is 71.0. The van der Waals surface area contributed by atoms with Gasteiger partial charge in [-0.25, -0.2) is 19.4 Å². The van der Waals surface area contributed by atoms with Crippen LogP contribution in [0.4, 0.5) is 0 Å². The molecule has 0 aliphatic heterocycles. The lowest BCUT2D eigenvalue weighted by Crippen LogP contribution is -2.61. The highest BCUT2D eigenvalue weighted by atomic mass is 32.1. The Kier molecular flexibility index (Phi) is 38.3. The lowest BCUT2D eigenvalue weighted by atomic mass is 9.76. The minimum absolute atomic E-state index is 0.0557. The van der Waals surface area contributed by atoms with Crippen molar-refractivity contribution in [3.63, 3.8) is 0 Å². The first-order valence-corrected chi connectivity index (χ1v) is 33.8. The van der Waals surface area contributed by atoms with Gasteiger partial charge in [0.25, 0.3) is 0 Å². The predicted octanol–water partition coefficient (Wildman–Crippen LogP) is 7.76. The molecule has 6 atom stereocenters. The van der Waals surface area contributed by atoms with Crippen molar-refractivity contribution in [2.24, 2.45) is 22.7 Å². The lowest BCUT2D eigenvalue weighted by Gasteiger charge is -2.40. The molecule has 0 saturated carbocycles. The fourth-order valence-electron chi connectivity index (χ4n) is 10.4. The van der Waals surface area contributed by atoms with Gasteiger partial charge >= 0.3 is 11.9 Å². The maximum Gasteiger partial charge on any atom is 0.381 e. The zero-order valence-corrected chi connectivity index (χ0v) is 61.8. The average molecular weight is 1360 g/mol. The summed E-state index contributed by atoms with van der Waals surface area (Å²) in [4.78, 5) is 98.3. The fourth-order valence-corrected chi connectivity index (χ4v) is 10.7. The van der Waals surface area contributed by atoms with Gasteiger partial charge in [0.15, 0.2) is 0 Å². The number of hydrogen-bond donors (Lipinski definition) is 6. The third-order valence-electron chi connectivity index (χ3n) is 16.1. The van der Waals surface area contributed by atoms with Crippen molar-refractivity contribution in [1.82, 2.24) is 31.1 Å². The second kappa shape index (κ2) is 42.4. The molecule has 0 radical (unpaired) electrons. The highest BCUT2D eigenvalue weighted by Gasteiger charge is 2.44. The Morgan fingerprint density at radius 2 is 0.702 bits per heavy atom. The second-order valence-electron chi connectivity index (χ2n) is 27.2. The van der Waals surface area contributed by atoms with Crippen LogP contribution in [0, 0.1) is 22.7 Å². The van der Waals surface area contributed by atoms with E-state index < -0.39 is 81.7 Å². The van der Waals surface area contributed by atoms with Crippen LogP contribution in [0.5, 0.6) is 11.5 Å². The summed E-state index contributed by atoms with van der Waals surface area (Å²) in [6, 6.07) is 10.2. The van der Waals surface area contributed by atoms with Gasteiger partial charge in [0.1, 0.15) is 36.8 Å². The number of nitrogens with zero attached hydrogens (tertiary/aromatic N) is 2. The van der Waals surface area contributed by atoms with E-state index >= 15 is 0 Å². The van der Waals surface area contributed by atoms with Crippen molar-refractivity contribution >= 4 is 60.8 Å². The standard InChI is InChI=1S/C70H116N6O16S2/c1-47(2)55(75(19)63(79)59(67(7,8)9)73-61(77)57(71-17)69(13,14)51-21-25-53(26-22-51)89-39-37-85-31-29-83-33-35-87-41-43-93)45-49(5)65(81)91-92-66(82)50(6)46-56(48(3)4)76(20)64(80)60(68(10,11)12)74-62(78)58(72-18)70(15,16)52-23-27-54(28-24-52)90-40-38-86-32-30-84-34-36-88-42-44-94/h21-28,45-48,55-60,71-72,93-94H,29-44H2,1-20H3,(H,73,77)(H,74,78)/b49-45+,50-46+/t55-,56-,57-,58-,59-,60-/m1/s1. The zero-order valence-electron chi connectivity index (χ0n) is 60.0. The first kappa shape index (κ1) is 84.8. The van der Waals surface area contributed by atoms with Gasteiger partial charge in [0.2, 0.25) is 23.6 Å². The molecular formula is C70H116N6O16S2. The van der Waals surface area contributed by atoms with Crippen molar-refractivity contribution in [3.8, 4) is 11.5 Å². The largest absolute Gasteiger partial charge is 0.491 e. The van der Waals surface area contributed by atoms with Gasteiger partial charge in [-0.1, -0.05) is 133 Å². The van der Waals surface area contributed by atoms with Gasteiger partial charge in [0.05, 0.1) is 103 Å². The quantitative estimate of drug-likeness (QED) is 0.0122. The molecule has 2 aromatic rings. The molecule has 22 nitrogen and oxygen atoms in total. The summed E-state index contributed by atoms with van der Waals surface area (Å²) in [6.07, 6.45) is 3.14. The molecule has 4 N–H and O–H groups in total. The van der Waals surface area contributed by atoms with Crippen LogP contribution in [-0.4, -0.2) is 214 Å². The Morgan fingerprint density at radius 3 is 0.947 bits per heavy atom. The van der Waals surface area contributed by atoms with Crippen LogP contribution in [0.25, 0.3) is 0 Å². The molecule has 0 aliphatic rings. The van der Waals surface area contributed by atoms with E-state index in [0.29, 0.717) is 116 Å². The number of carbonyl (C=O) groups is 6. The number of nitrogens with one attached hydrogen (secondary N) is 4. The minimum Gasteiger partial charge on any atom is -0.491 e. The van der Waals surface area contributed by atoms with Gasteiger partial charge in [-0.05, 0) is 86.0 Å². The smallest absolute Gasteiger partial charge is 0.381 e. The molecule has 0 bridgehead atoms. The summed E-state index contributed by atoms with van der Waals surface area (Å²) in [7, 11) is 6.63. The molecule has 94 heavy (non-hydrogen) atoms. The van der Waals surface area contributed by atoms with E-state index in [1.165, 1.54) is 23.6 Å². The van der Waals surface area contributed by atoms with Crippen LogP contribution in [0.15, 0.2) is 71.8 Å². The molecule has 2 aromatic carbocycles. The first-order chi connectivity index (χ1) is 44.1. The Labute approximate surface area is 572 Å². The number of ether oxygens (including phenoxy) is 8. The van der Waals surface area contributed by atoms with Crippen molar-refractivity contribution in [3.05, 3.63) is 83.0 Å². The van der Waals surface area contributed by atoms with Crippen LogP contribution in [0.2, 0.25) is 0 Å². The predicted molar refractivity (Wildman–Crippen MR) is 374 cm³/mol. The lowest BCUT2D eigenvalue weighted by molar-refractivity contribution is -0.252. The average Bonchev–Trinajstić information content (AvgIpc) is 0.805. The number of benzene rings is 2. The molecule has 2 rings (SSSR count). The Morgan fingerprint density at radius 1 is 0.436 bits per heavy atom. The third-order valence-corrected chi connectivity index (χ3v) is 16.5. The van der Waals surface area contributed by atoms with Crippen molar-refractivity contribution < 1.29 is 76.4 Å². The van der Waals surface area contributed by atoms with E-state index in [2.05, 4.69) is 46.5 Å². The normalized spacial score (nSPS) is 14.6. The Balaban J connectivity index is 2.14. The molecule has 4 amide bonds. The fraction of sp³-hybridized carbons (Fsp3) is 0.686. The van der Waals surface area contributed by atoms with Gasteiger partial charge in [-0.3, -0.25) is 19.2 Å². The maximum absolute atomic E-state index is 14.6. The van der Waals surface area contributed by atoms with Crippen molar-refractivity contribution in [1.29, 1.82) is 0 Å². The van der Waals surface area contributed by atoms with Gasteiger partial charge in [0, 0.05) is 47.6 Å². The summed E-state index contributed by atoms with van der Waals surface area (Å²) in [5.74, 6) is -1.32. The van der Waals surface area contributed by atoms with Crippen LogP contribution in [0.3, 0.4) is 0 Å². The van der Waals surface area contributed by atoms with Crippen molar-refractivity contribution in [2.45, 2.75) is 158 Å². The van der Waals surface area contributed by atoms with Crippen LogP contribution in [0.1, 0.15) is 122 Å². The molecule has 0 unspecified atom stereocenters. The van der Waals surface area contributed by atoms with Crippen LogP contribution < -0.4 is 30.7 Å². The molecule has 0 fully saturated rings. The molecule has 0 spiro atoms. The van der Waals surface area contributed by atoms with E-state index in [1.54, 1.807) is 40.3 Å². The van der Waals surface area contributed by atoms with E-state index in [9.17, 15) is 28.8 Å². The monoisotopic (exact) mass is 1360 g/mol. The number of amides is 4. The van der Waals surface area contributed by atoms with Crippen LogP contribution in [-0.2, 0) is 77.8 Å². The number of thiol groups is 2. The molecule has 0 saturated heterocycles. The molecule has 0 heterocycles. The molecule has 0 aliphatic carbocycles. The number of carbonyl (C=O) groups excluding carboxylic acids is 6. The van der Waals surface area contributed by atoms with Crippen LogP contribution >= 0.6 is 25.3 Å². The molecule has 24 heteroatoms. The highest BCUT2D eigenvalue weighted by molar-refractivity contribution is 7.80. The first-order valence-electron chi connectivity index (χ1n) is 32.6. The molecular weight excluding hydrogens is 1240 g/mol. The Hall–Kier alpha value is -5.28. The van der Waals surface area contributed by atoms with Gasteiger partial charge in [-0.2, -0.15) is 25.3 Å². The molecule has 534 valence electrons.